The van der Waals surface area contributed by atoms with Gasteiger partial charge >= 0.3 is 6.18 Å². The Balaban J connectivity index is 2.41. The van der Waals surface area contributed by atoms with Crippen LogP contribution >= 0.6 is 11.6 Å². The van der Waals surface area contributed by atoms with Crippen molar-refractivity contribution in [1.82, 2.24) is 9.78 Å². The second-order valence-corrected chi connectivity index (χ2v) is 3.80. The molecule has 1 heterocycles. The van der Waals surface area contributed by atoms with Crippen LogP contribution in [-0.2, 0) is 6.54 Å². The van der Waals surface area contributed by atoms with Gasteiger partial charge in [-0.3, -0.25) is 4.68 Å². The van der Waals surface area contributed by atoms with Crippen LogP contribution in [-0.4, -0.2) is 16.0 Å². The van der Waals surface area contributed by atoms with Gasteiger partial charge in [0.1, 0.15) is 6.54 Å². The van der Waals surface area contributed by atoms with Gasteiger partial charge in [-0.15, -0.1) is 0 Å². The molecule has 2 nitrogen and oxygen atoms in total. The Kier molecular flexibility index (Phi) is 3.11. The van der Waals surface area contributed by atoms with E-state index in [-0.39, 0.29) is 5.69 Å². The van der Waals surface area contributed by atoms with Gasteiger partial charge in [0.2, 0.25) is 0 Å². The Bertz CT molecular complexity index is 519. The van der Waals surface area contributed by atoms with Crippen LogP contribution in [0.1, 0.15) is 0 Å². The zero-order valence-electron chi connectivity index (χ0n) is 8.50. The molecular formula is C11H7ClF3N2. The lowest BCUT2D eigenvalue weighted by molar-refractivity contribution is -0.142. The second-order valence-electron chi connectivity index (χ2n) is 3.39. The summed E-state index contributed by atoms with van der Waals surface area (Å²) >= 11 is 5.92. The Morgan fingerprint density at radius 3 is 2.65 bits per heavy atom. The van der Waals surface area contributed by atoms with Gasteiger partial charge in [-0.05, 0) is 6.07 Å². The summed E-state index contributed by atoms with van der Waals surface area (Å²) in [5.74, 6) is 0. The normalized spacial score (nSPS) is 11.8. The van der Waals surface area contributed by atoms with E-state index in [9.17, 15) is 13.2 Å². The number of benzene rings is 1. The first-order valence-corrected chi connectivity index (χ1v) is 5.10. The molecule has 0 bridgehead atoms. The highest BCUT2D eigenvalue weighted by Gasteiger charge is 2.29. The predicted molar refractivity (Wildman–Crippen MR) is 57.6 cm³/mol. The van der Waals surface area contributed by atoms with Crippen LogP contribution in [0.15, 0.2) is 30.5 Å². The molecule has 0 aliphatic carbocycles. The first-order valence-electron chi connectivity index (χ1n) is 4.72. The third-order valence-corrected chi connectivity index (χ3v) is 2.44. The zero-order chi connectivity index (χ0) is 12.5. The molecule has 0 N–H and O–H groups in total. The highest BCUT2D eigenvalue weighted by atomic mass is 35.5. The molecule has 0 aliphatic heterocycles. The van der Waals surface area contributed by atoms with E-state index < -0.39 is 12.7 Å². The van der Waals surface area contributed by atoms with E-state index >= 15 is 0 Å². The Hall–Kier alpha value is -1.49. The number of alkyl halides is 3. The summed E-state index contributed by atoms with van der Waals surface area (Å²) in [6, 6.07) is 9.29. The van der Waals surface area contributed by atoms with Crippen molar-refractivity contribution in [3.63, 3.8) is 0 Å². The molecular weight excluding hydrogens is 253 g/mol. The zero-order valence-corrected chi connectivity index (χ0v) is 9.26. The smallest absolute Gasteiger partial charge is 0.255 e. The maximum Gasteiger partial charge on any atom is 0.408 e. The van der Waals surface area contributed by atoms with Gasteiger partial charge in [0.25, 0.3) is 0 Å². The lowest BCUT2D eigenvalue weighted by Crippen LogP contribution is -2.19. The quantitative estimate of drug-likeness (QED) is 0.806. The van der Waals surface area contributed by atoms with E-state index in [0.29, 0.717) is 10.6 Å². The van der Waals surface area contributed by atoms with E-state index in [1.54, 1.807) is 24.3 Å². The minimum Gasteiger partial charge on any atom is -0.255 e. The predicted octanol–water partition coefficient (Wildman–Crippen LogP) is 3.57. The second kappa shape index (κ2) is 4.41. The first kappa shape index (κ1) is 12.0. The van der Waals surface area contributed by atoms with Crippen molar-refractivity contribution in [1.29, 1.82) is 0 Å². The summed E-state index contributed by atoms with van der Waals surface area (Å²) in [7, 11) is 0. The SMILES string of the molecule is FC(F)(F)Cn1nc[c]c1-c1ccccc1Cl. The van der Waals surface area contributed by atoms with E-state index in [4.69, 9.17) is 11.6 Å². The molecule has 0 atom stereocenters. The monoisotopic (exact) mass is 259 g/mol. The lowest BCUT2D eigenvalue weighted by Gasteiger charge is -2.10. The fraction of sp³-hybridized carbons (Fsp3) is 0.182. The molecule has 0 saturated heterocycles. The van der Waals surface area contributed by atoms with Gasteiger partial charge in [-0.1, -0.05) is 29.8 Å². The molecule has 0 fully saturated rings. The number of halogens is 4. The highest BCUT2D eigenvalue weighted by molar-refractivity contribution is 6.33. The maximum atomic E-state index is 12.3. The van der Waals surface area contributed by atoms with Crippen molar-refractivity contribution < 1.29 is 13.2 Å². The molecule has 0 saturated carbocycles. The largest absolute Gasteiger partial charge is 0.408 e. The van der Waals surface area contributed by atoms with Crippen LogP contribution in [0.2, 0.25) is 5.02 Å². The van der Waals surface area contributed by atoms with Crippen LogP contribution in [0, 0.1) is 6.07 Å². The van der Waals surface area contributed by atoms with E-state index in [0.717, 1.165) is 4.68 Å². The molecule has 0 amide bonds. The number of hydrogen-bond donors (Lipinski definition) is 0. The van der Waals surface area contributed by atoms with Gasteiger partial charge in [0.15, 0.2) is 0 Å². The van der Waals surface area contributed by atoms with Gasteiger partial charge in [-0.2, -0.15) is 18.3 Å². The molecule has 2 rings (SSSR count). The number of hydrogen-bond acceptors (Lipinski definition) is 1. The summed E-state index contributed by atoms with van der Waals surface area (Å²) < 4.78 is 37.8. The van der Waals surface area contributed by atoms with Crippen molar-refractivity contribution in [2.24, 2.45) is 0 Å². The summed E-state index contributed by atoms with van der Waals surface area (Å²) in [4.78, 5) is 0. The van der Waals surface area contributed by atoms with Crippen molar-refractivity contribution >= 4 is 11.6 Å². The average Bonchev–Trinajstić information content (AvgIpc) is 2.64. The molecule has 2 aromatic rings. The molecule has 0 unspecified atom stereocenters. The third kappa shape index (κ3) is 2.79. The summed E-state index contributed by atoms with van der Waals surface area (Å²) in [5, 5.41) is 3.97. The highest BCUT2D eigenvalue weighted by Crippen LogP contribution is 2.28. The molecule has 6 heteroatoms. The standard InChI is InChI=1S/C11H7ClF3N2/c12-9-4-2-1-3-8(9)10-5-6-16-17(10)7-11(13,14)15/h1-4,6H,7H2. The fourth-order valence-electron chi connectivity index (χ4n) is 1.45. The molecule has 89 valence electrons. The van der Waals surface area contributed by atoms with E-state index in [1.807, 2.05) is 0 Å². The van der Waals surface area contributed by atoms with Crippen molar-refractivity contribution in [2.75, 3.05) is 0 Å². The summed E-state index contributed by atoms with van der Waals surface area (Å²) in [6.45, 7) is -1.16. The van der Waals surface area contributed by atoms with E-state index in [1.165, 1.54) is 6.20 Å². The molecule has 1 aromatic carbocycles. The van der Waals surface area contributed by atoms with Crippen LogP contribution in [0.3, 0.4) is 0 Å². The van der Waals surface area contributed by atoms with E-state index in [2.05, 4.69) is 11.2 Å². The van der Waals surface area contributed by atoms with Crippen LogP contribution in [0.25, 0.3) is 11.3 Å². The third-order valence-electron chi connectivity index (χ3n) is 2.11. The fourth-order valence-corrected chi connectivity index (χ4v) is 1.68. The summed E-state index contributed by atoms with van der Waals surface area (Å²) in [6.07, 6.45) is -3.12. The molecule has 1 aromatic heterocycles. The number of rotatable bonds is 2. The minimum atomic E-state index is -4.32. The maximum absolute atomic E-state index is 12.3. The number of nitrogens with zero attached hydrogens (tertiary/aromatic N) is 2. The van der Waals surface area contributed by atoms with Crippen molar-refractivity contribution in [2.45, 2.75) is 12.7 Å². The minimum absolute atomic E-state index is 0.230. The first-order chi connectivity index (χ1) is 7.97. The van der Waals surface area contributed by atoms with Crippen molar-refractivity contribution in [3.05, 3.63) is 41.6 Å². The molecule has 0 spiro atoms. The Morgan fingerprint density at radius 1 is 1.29 bits per heavy atom. The topological polar surface area (TPSA) is 17.8 Å². The van der Waals surface area contributed by atoms with Crippen LogP contribution in [0.5, 0.6) is 0 Å². The van der Waals surface area contributed by atoms with Gasteiger partial charge in [0, 0.05) is 16.7 Å². The lowest BCUT2D eigenvalue weighted by atomic mass is 10.1. The number of aromatic nitrogens is 2. The van der Waals surface area contributed by atoms with Crippen molar-refractivity contribution in [3.8, 4) is 11.3 Å². The molecule has 1 radical (unpaired) electrons. The molecule has 17 heavy (non-hydrogen) atoms. The Morgan fingerprint density at radius 2 is 2.00 bits per heavy atom. The summed E-state index contributed by atoms with van der Waals surface area (Å²) in [5.41, 5.74) is 0.712. The van der Waals surface area contributed by atoms with Gasteiger partial charge < -0.3 is 0 Å². The van der Waals surface area contributed by atoms with Gasteiger partial charge in [-0.25, -0.2) is 0 Å². The average molecular weight is 260 g/mol. The molecule has 0 aliphatic rings. The van der Waals surface area contributed by atoms with Gasteiger partial charge in [0.05, 0.1) is 11.9 Å². The Labute approximate surface area is 101 Å². The van der Waals surface area contributed by atoms with Crippen LogP contribution < -0.4 is 0 Å². The van der Waals surface area contributed by atoms with Crippen LogP contribution in [0.4, 0.5) is 13.2 Å².